The van der Waals surface area contributed by atoms with E-state index in [4.69, 9.17) is 9.47 Å². The van der Waals surface area contributed by atoms with Crippen LogP contribution in [0.1, 0.15) is 33.6 Å². The Labute approximate surface area is 121 Å². The number of carbonyl (C=O) groups excluding carboxylic acids is 1. The number of fused-ring (bicyclic) bond motifs is 2. The lowest BCUT2D eigenvalue weighted by Crippen LogP contribution is -2.48. The van der Waals surface area contributed by atoms with E-state index in [0.29, 0.717) is 17.4 Å². The van der Waals surface area contributed by atoms with E-state index in [1.165, 1.54) is 0 Å². The number of hydrogen-bond acceptors (Lipinski definition) is 4. The van der Waals surface area contributed by atoms with Gasteiger partial charge in [0.2, 0.25) is 0 Å². The number of carbonyl (C=O) groups is 1. The number of ether oxygens (including phenoxy) is 2. The highest BCUT2D eigenvalue weighted by atomic mass is 16.6. The third-order valence-electron chi connectivity index (χ3n) is 4.99. The van der Waals surface area contributed by atoms with Crippen molar-refractivity contribution in [1.29, 1.82) is 0 Å². The molecule has 5 nitrogen and oxygen atoms in total. The van der Waals surface area contributed by atoms with E-state index in [1.807, 2.05) is 25.7 Å². The van der Waals surface area contributed by atoms with Crippen molar-refractivity contribution in [2.75, 3.05) is 32.8 Å². The van der Waals surface area contributed by atoms with Gasteiger partial charge in [0.15, 0.2) is 0 Å². The Morgan fingerprint density at radius 1 is 1.30 bits per heavy atom. The van der Waals surface area contributed by atoms with E-state index >= 15 is 0 Å². The zero-order chi connectivity index (χ0) is 14.4. The molecule has 114 valence electrons. The first-order valence-corrected chi connectivity index (χ1v) is 7.69. The standard InChI is InChI=1S/C15H26N2O3/c1-14(2,3)20-13(18)17-6-4-15(5-7-17)10-16-12-9-19-8-11(12)15/h11-12,16H,4-10H2,1-3H3/t11-,12-/m0/s1. The number of piperidine rings is 1. The Balaban J connectivity index is 1.58. The lowest BCUT2D eigenvalue weighted by molar-refractivity contribution is 0.00426. The van der Waals surface area contributed by atoms with Gasteiger partial charge in [0.05, 0.1) is 13.2 Å². The lowest BCUT2D eigenvalue weighted by Gasteiger charge is -2.42. The molecule has 3 aliphatic heterocycles. The maximum Gasteiger partial charge on any atom is 0.410 e. The van der Waals surface area contributed by atoms with Crippen LogP contribution in [-0.2, 0) is 9.47 Å². The SMILES string of the molecule is CC(C)(C)OC(=O)N1CCC2(CC1)CN[C@H]1COC[C@@H]12. The van der Waals surface area contributed by atoms with Crippen molar-refractivity contribution in [2.45, 2.75) is 45.3 Å². The molecule has 1 amide bonds. The molecule has 1 N–H and O–H groups in total. The Bertz CT molecular complexity index is 383. The van der Waals surface area contributed by atoms with Crippen molar-refractivity contribution >= 4 is 6.09 Å². The molecule has 0 aromatic rings. The molecule has 3 rings (SSSR count). The fraction of sp³-hybridized carbons (Fsp3) is 0.933. The van der Waals surface area contributed by atoms with Crippen LogP contribution in [0.2, 0.25) is 0 Å². The van der Waals surface area contributed by atoms with Gasteiger partial charge in [-0.3, -0.25) is 0 Å². The Morgan fingerprint density at radius 2 is 2.00 bits per heavy atom. The van der Waals surface area contributed by atoms with Crippen LogP contribution in [0, 0.1) is 11.3 Å². The first-order valence-electron chi connectivity index (χ1n) is 7.69. The van der Waals surface area contributed by atoms with E-state index in [2.05, 4.69) is 5.32 Å². The molecule has 0 aromatic carbocycles. The number of hydrogen-bond donors (Lipinski definition) is 1. The summed E-state index contributed by atoms with van der Waals surface area (Å²) in [5.41, 5.74) is -0.0782. The predicted molar refractivity (Wildman–Crippen MR) is 75.6 cm³/mol. The fourth-order valence-corrected chi connectivity index (χ4v) is 3.83. The van der Waals surface area contributed by atoms with E-state index in [1.54, 1.807) is 0 Å². The van der Waals surface area contributed by atoms with Gasteiger partial charge in [-0.05, 0) is 39.0 Å². The maximum atomic E-state index is 12.1. The minimum atomic E-state index is -0.411. The molecule has 0 saturated carbocycles. The lowest BCUT2D eigenvalue weighted by atomic mass is 9.70. The Morgan fingerprint density at radius 3 is 2.65 bits per heavy atom. The van der Waals surface area contributed by atoms with Gasteiger partial charge in [0.25, 0.3) is 0 Å². The Kier molecular flexibility index (Phi) is 3.45. The second kappa shape index (κ2) is 4.88. The third-order valence-corrected chi connectivity index (χ3v) is 4.99. The second-order valence-electron chi connectivity index (χ2n) is 7.46. The van der Waals surface area contributed by atoms with Crippen molar-refractivity contribution in [3.8, 4) is 0 Å². The van der Waals surface area contributed by atoms with Crippen LogP contribution in [0.15, 0.2) is 0 Å². The van der Waals surface area contributed by atoms with Crippen molar-refractivity contribution in [2.24, 2.45) is 11.3 Å². The molecule has 3 fully saturated rings. The summed E-state index contributed by atoms with van der Waals surface area (Å²) < 4.78 is 11.1. The van der Waals surface area contributed by atoms with Crippen LogP contribution < -0.4 is 5.32 Å². The van der Waals surface area contributed by atoms with Crippen LogP contribution >= 0.6 is 0 Å². The minimum absolute atomic E-state index is 0.169. The zero-order valence-electron chi connectivity index (χ0n) is 12.8. The second-order valence-corrected chi connectivity index (χ2v) is 7.46. The molecule has 1 spiro atoms. The summed E-state index contributed by atoms with van der Waals surface area (Å²) in [5.74, 6) is 0.628. The van der Waals surface area contributed by atoms with Crippen LogP contribution in [0.25, 0.3) is 0 Å². The largest absolute Gasteiger partial charge is 0.444 e. The summed E-state index contributed by atoms with van der Waals surface area (Å²) in [4.78, 5) is 14.0. The molecule has 0 bridgehead atoms. The summed E-state index contributed by atoms with van der Waals surface area (Å²) >= 11 is 0. The summed E-state index contributed by atoms with van der Waals surface area (Å²) in [5, 5.41) is 3.60. The van der Waals surface area contributed by atoms with E-state index in [9.17, 15) is 4.79 Å². The van der Waals surface area contributed by atoms with Gasteiger partial charge in [-0.25, -0.2) is 4.79 Å². The van der Waals surface area contributed by atoms with Gasteiger partial charge in [-0.15, -0.1) is 0 Å². The van der Waals surface area contributed by atoms with Gasteiger partial charge in [-0.2, -0.15) is 0 Å². The number of amides is 1. The highest BCUT2D eigenvalue weighted by molar-refractivity contribution is 5.68. The minimum Gasteiger partial charge on any atom is -0.444 e. The van der Waals surface area contributed by atoms with Crippen molar-refractivity contribution in [1.82, 2.24) is 10.2 Å². The predicted octanol–water partition coefficient (Wildman–Crippen LogP) is 1.62. The van der Waals surface area contributed by atoms with Crippen LogP contribution in [0.5, 0.6) is 0 Å². The van der Waals surface area contributed by atoms with Crippen molar-refractivity contribution in [3.05, 3.63) is 0 Å². The van der Waals surface area contributed by atoms with E-state index in [-0.39, 0.29) is 6.09 Å². The maximum absolute atomic E-state index is 12.1. The molecular formula is C15H26N2O3. The molecule has 3 saturated heterocycles. The van der Waals surface area contributed by atoms with Gasteiger partial charge < -0.3 is 19.7 Å². The van der Waals surface area contributed by atoms with Gasteiger partial charge in [-0.1, -0.05) is 0 Å². The molecule has 0 aromatic heterocycles. The summed E-state index contributed by atoms with van der Waals surface area (Å²) in [6.45, 7) is 10.2. The molecule has 3 aliphatic rings. The van der Waals surface area contributed by atoms with Crippen LogP contribution in [0.3, 0.4) is 0 Å². The smallest absolute Gasteiger partial charge is 0.410 e. The molecule has 2 atom stereocenters. The zero-order valence-corrected chi connectivity index (χ0v) is 12.8. The highest BCUT2D eigenvalue weighted by Gasteiger charge is 2.52. The van der Waals surface area contributed by atoms with E-state index < -0.39 is 5.60 Å². The van der Waals surface area contributed by atoms with Crippen molar-refractivity contribution < 1.29 is 14.3 Å². The highest BCUT2D eigenvalue weighted by Crippen LogP contribution is 2.46. The third kappa shape index (κ3) is 2.53. The molecule has 0 aliphatic carbocycles. The summed E-state index contributed by atoms with van der Waals surface area (Å²) in [6, 6.07) is 0.531. The summed E-state index contributed by atoms with van der Waals surface area (Å²) in [7, 11) is 0. The quantitative estimate of drug-likeness (QED) is 0.733. The number of nitrogens with zero attached hydrogens (tertiary/aromatic N) is 1. The van der Waals surface area contributed by atoms with Crippen LogP contribution in [0.4, 0.5) is 4.79 Å². The molecule has 3 heterocycles. The molecule has 20 heavy (non-hydrogen) atoms. The van der Waals surface area contributed by atoms with E-state index in [0.717, 1.165) is 45.7 Å². The molecule has 0 radical (unpaired) electrons. The Hall–Kier alpha value is -0.810. The normalized spacial score (nSPS) is 32.5. The van der Waals surface area contributed by atoms with Gasteiger partial charge in [0, 0.05) is 31.6 Å². The number of rotatable bonds is 0. The monoisotopic (exact) mass is 282 g/mol. The molecule has 5 heteroatoms. The first-order chi connectivity index (χ1) is 9.40. The van der Waals surface area contributed by atoms with Gasteiger partial charge in [0.1, 0.15) is 5.60 Å². The number of likely N-dealkylation sites (tertiary alicyclic amines) is 1. The topological polar surface area (TPSA) is 50.8 Å². The molecular weight excluding hydrogens is 256 g/mol. The van der Waals surface area contributed by atoms with Gasteiger partial charge >= 0.3 is 6.09 Å². The van der Waals surface area contributed by atoms with Crippen LogP contribution in [-0.4, -0.2) is 55.5 Å². The first kappa shape index (κ1) is 14.1. The fourth-order valence-electron chi connectivity index (χ4n) is 3.83. The average molecular weight is 282 g/mol. The molecule has 0 unspecified atom stereocenters. The van der Waals surface area contributed by atoms with Crippen molar-refractivity contribution in [3.63, 3.8) is 0 Å². The summed E-state index contributed by atoms with van der Waals surface area (Å²) in [6.07, 6.45) is 1.95. The number of nitrogens with one attached hydrogen (secondary N) is 1. The average Bonchev–Trinajstić information content (AvgIpc) is 2.93.